The Kier molecular flexibility index (Phi) is 35.9. The molecule has 8 aromatic carbocycles. The van der Waals surface area contributed by atoms with Crippen LogP contribution in [0, 0.1) is 0 Å². The molecular formula is C89H103BBrCl4LiN8O16. The zero-order chi connectivity index (χ0) is 85.4. The maximum atomic E-state index is 13.1. The number of ether oxygens (including phenoxy) is 3. The number of carboxylic acids is 1. The summed E-state index contributed by atoms with van der Waals surface area (Å²) < 4.78 is 34.6. The Labute approximate surface area is 738 Å². The molecule has 0 atom stereocenters. The standard InChI is InChI=1S/C21H23ClN2O3.C21H21ClN2O3.C19H18BrClN2O3.C19H19ClN2O3.C8H15BO2.CH4.Li.2H2O/c2*1-5-13-7-8-14-17(11-13)24(12-18(25)27-6-2)19-15(21(14)26)9-10-16(22)20(19)23(3)4;1-4-26-16(24)10-23-15-9-11(20)5-6-12(15)19(25)13-7-8-14(21)18(17(13)23)22(2)3;1-4-11-5-6-12-15(9-11)22(10-16(23)24)17-13(19(12)25)7-8-14(20)18(17)21(2)3;1-6-9-10-7(2,3)8(4,5)11-9;;;;/h7-11H,5-6,12H2,1-4H3;5,7-11H,1,6,12H2,2-4H3;5-9H,4,10H2,1-3H3;5-9H,4,10H2,1-3H3,(H,23,24);6H,1H2,2-5H3;1H4;;2*1H2/q;;;;;;+1;;/p-1. The maximum absolute atomic E-state index is 13.1. The molecule has 0 saturated carbocycles. The van der Waals surface area contributed by atoms with Gasteiger partial charge in [0, 0.05) is 104 Å². The molecule has 0 bridgehead atoms. The molecular weight excluding hydrogens is 1680 g/mol. The summed E-state index contributed by atoms with van der Waals surface area (Å²) in [7, 11) is 14.5. The topological polar surface area (TPSA) is 297 Å². The van der Waals surface area contributed by atoms with Crippen molar-refractivity contribution in [3.05, 3.63) is 223 Å². The van der Waals surface area contributed by atoms with Crippen molar-refractivity contribution < 1.29 is 77.6 Å². The van der Waals surface area contributed by atoms with E-state index in [1.54, 1.807) is 118 Å². The molecule has 0 radical (unpaired) electrons. The van der Waals surface area contributed by atoms with E-state index >= 15 is 0 Å². The summed E-state index contributed by atoms with van der Waals surface area (Å²) >= 11 is 29.1. The van der Waals surface area contributed by atoms with Gasteiger partial charge in [0.15, 0.2) is 21.7 Å². The Morgan fingerprint density at radius 1 is 0.450 bits per heavy atom. The Bertz CT molecular complexity index is 6130. The van der Waals surface area contributed by atoms with E-state index in [0.717, 1.165) is 34.0 Å². The number of carbonyl (C=O) groups is 4. The molecule has 4 aromatic heterocycles. The molecule has 13 rings (SSSR count). The van der Waals surface area contributed by atoms with E-state index in [0.29, 0.717) is 143 Å². The zero-order valence-electron chi connectivity index (χ0n) is 70.2. The van der Waals surface area contributed by atoms with Gasteiger partial charge in [0.05, 0.1) is 118 Å². The first-order chi connectivity index (χ1) is 54.8. The average Bonchev–Trinajstić information content (AvgIpc) is 1.56. The van der Waals surface area contributed by atoms with E-state index < -0.39 is 5.97 Å². The molecule has 4 N–H and O–H groups in total. The SMILES string of the molecule is C.C=CB1OC(C)(C)C(C)(C)O1.C=Cc1ccc2c(=O)c3ccc(Cl)c(N(C)C)c3n(CC(=O)OCC)c2c1.CCOC(=O)Cn1c2cc(Br)ccc2c(=O)c2ccc(Cl)c(N(C)C)c21.CCOC(=O)Cn1c2cc(CC)ccc2c(=O)c2ccc(Cl)c(N(C)C)c21.CCc1ccc2c(=O)c3ccc(Cl)c(N(C)C)c3n(CC(=O)O)c2c1.O.[Li+].[OH-]. The first-order valence-electron chi connectivity index (χ1n) is 37.6. The number of pyridine rings is 4. The summed E-state index contributed by atoms with van der Waals surface area (Å²) in [5.74, 6) is -0.398. The van der Waals surface area contributed by atoms with Crippen LogP contribution in [0.5, 0.6) is 0 Å². The number of nitrogens with zero attached hydrogens (tertiary/aromatic N) is 8. The number of carbonyl (C=O) groups excluding carboxylic acids is 3. The molecule has 1 fully saturated rings. The summed E-state index contributed by atoms with van der Waals surface area (Å²) in [5, 5.41) is 15.6. The van der Waals surface area contributed by atoms with Crippen LogP contribution < -0.4 is 60.2 Å². The van der Waals surface area contributed by atoms with E-state index in [9.17, 15) is 43.5 Å². The van der Waals surface area contributed by atoms with Crippen molar-refractivity contribution >= 4 is 209 Å². The summed E-state index contributed by atoms with van der Waals surface area (Å²) in [4.78, 5) is 108. The van der Waals surface area contributed by atoms with Crippen LogP contribution >= 0.6 is 62.3 Å². The van der Waals surface area contributed by atoms with Gasteiger partial charge in [-0.25, -0.2) is 0 Å². The van der Waals surface area contributed by atoms with Crippen molar-refractivity contribution in [2.45, 2.75) is 120 Å². The van der Waals surface area contributed by atoms with Gasteiger partial charge in [-0.2, -0.15) is 0 Å². The van der Waals surface area contributed by atoms with Crippen LogP contribution in [0.2, 0.25) is 20.1 Å². The van der Waals surface area contributed by atoms with Gasteiger partial charge in [-0.3, -0.25) is 38.4 Å². The second kappa shape index (κ2) is 42.7. The number of halogens is 5. The number of anilines is 4. The van der Waals surface area contributed by atoms with Gasteiger partial charge >= 0.3 is 49.9 Å². The largest absolute Gasteiger partial charge is 1.00 e. The molecule has 0 spiro atoms. The van der Waals surface area contributed by atoms with Crippen LogP contribution in [0.3, 0.4) is 0 Å². The fourth-order valence-corrected chi connectivity index (χ4v) is 15.7. The number of benzene rings is 8. The van der Waals surface area contributed by atoms with Gasteiger partial charge < -0.3 is 77.4 Å². The van der Waals surface area contributed by atoms with E-state index in [1.165, 1.54) is 0 Å². The van der Waals surface area contributed by atoms with Crippen LogP contribution in [-0.4, -0.2) is 153 Å². The number of aryl methyl sites for hydroxylation is 2. The maximum Gasteiger partial charge on any atom is 1.00 e. The van der Waals surface area contributed by atoms with Crippen molar-refractivity contribution in [3.8, 4) is 0 Å². The molecule has 0 amide bonds. The first-order valence-corrected chi connectivity index (χ1v) is 39.9. The first kappa shape index (κ1) is 101. The third-order valence-electron chi connectivity index (χ3n) is 20.1. The number of fused-ring (bicyclic) bond motifs is 8. The number of esters is 3. The number of hydrogen-bond donors (Lipinski definition) is 1. The summed E-state index contributed by atoms with van der Waals surface area (Å²) in [6.07, 6.45) is 3.33. The van der Waals surface area contributed by atoms with Gasteiger partial charge in [0.1, 0.15) is 26.2 Å². The van der Waals surface area contributed by atoms with Crippen LogP contribution in [-0.2, 0) is 81.7 Å². The quantitative estimate of drug-likeness (QED) is 0.0340. The van der Waals surface area contributed by atoms with Crippen molar-refractivity contribution in [1.82, 2.24) is 18.3 Å². The second-order valence-electron chi connectivity index (χ2n) is 29.1. The minimum absolute atomic E-state index is 0. The van der Waals surface area contributed by atoms with Gasteiger partial charge in [0.25, 0.3) is 0 Å². The predicted molar refractivity (Wildman–Crippen MR) is 493 cm³/mol. The minimum atomic E-state index is -0.974. The number of carboxylic acid groups (broad SMARTS) is 1. The van der Waals surface area contributed by atoms with Gasteiger partial charge in [-0.15, -0.1) is 6.58 Å². The third-order valence-corrected chi connectivity index (χ3v) is 21.8. The summed E-state index contributed by atoms with van der Waals surface area (Å²) in [5.41, 5.74) is 9.90. The van der Waals surface area contributed by atoms with Crippen LogP contribution in [0.4, 0.5) is 22.7 Å². The van der Waals surface area contributed by atoms with Crippen molar-refractivity contribution in [3.63, 3.8) is 0 Å². The van der Waals surface area contributed by atoms with Crippen LogP contribution in [0.15, 0.2) is 164 Å². The number of hydrogen-bond acceptors (Lipinski definition) is 18. The van der Waals surface area contributed by atoms with Crippen molar-refractivity contribution in [1.29, 1.82) is 0 Å². The molecule has 0 aliphatic carbocycles. The minimum Gasteiger partial charge on any atom is -0.870 e. The van der Waals surface area contributed by atoms with Crippen molar-refractivity contribution in [2.24, 2.45) is 0 Å². The molecule has 5 heterocycles. The zero-order valence-corrected chi connectivity index (χ0v) is 74.8. The molecule has 634 valence electrons. The van der Waals surface area contributed by atoms with Crippen LogP contribution in [0.1, 0.15) is 86.4 Å². The molecule has 1 aliphatic rings. The van der Waals surface area contributed by atoms with Crippen LogP contribution in [0.25, 0.3) is 93.3 Å². The van der Waals surface area contributed by atoms with Gasteiger partial charge in [0.2, 0.25) is 0 Å². The normalized spacial score (nSPS) is 12.2. The van der Waals surface area contributed by atoms with E-state index in [1.807, 2.05) is 165 Å². The number of aliphatic carboxylic acids is 1. The Morgan fingerprint density at radius 2 is 0.717 bits per heavy atom. The van der Waals surface area contributed by atoms with E-state index in [4.69, 9.17) is 69.9 Å². The monoisotopic (exact) mass is 1780 g/mol. The molecule has 1 saturated heterocycles. The molecule has 120 heavy (non-hydrogen) atoms. The molecule has 12 aromatic rings. The molecule has 31 heteroatoms. The average molecular weight is 1780 g/mol. The second-order valence-corrected chi connectivity index (χ2v) is 31.7. The van der Waals surface area contributed by atoms with E-state index in [2.05, 4.69) is 36.0 Å². The molecule has 0 unspecified atom stereocenters. The van der Waals surface area contributed by atoms with Gasteiger partial charge in [-0.05, 0) is 181 Å². The Balaban J connectivity index is 0.000000270. The molecule has 1 aliphatic heterocycles. The predicted octanol–water partition coefficient (Wildman–Crippen LogP) is 14.2. The number of rotatable bonds is 19. The summed E-state index contributed by atoms with van der Waals surface area (Å²) in [6.45, 7) is 25.5. The summed E-state index contributed by atoms with van der Waals surface area (Å²) in [6, 6.07) is 35.8. The van der Waals surface area contributed by atoms with E-state index in [-0.39, 0.29) is 128 Å². The number of aromatic nitrogens is 4. The Hall–Kier alpha value is -9.66. The Morgan fingerprint density at radius 3 is 0.975 bits per heavy atom. The fraction of sp³-hybridized carbons (Fsp3) is 0.326. The third kappa shape index (κ3) is 21.3. The fourth-order valence-electron chi connectivity index (χ4n) is 14.0. The van der Waals surface area contributed by atoms with Crippen molar-refractivity contribution in [2.75, 3.05) is 95.8 Å². The molecule has 24 nitrogen and oxygen atoms in total. The van der Waals surface area contributed by atoms with Gasteiger partial charge in [-0.1, -0.05) is 120 Å². The smallest absolute Gasteiger partial charge is 0.870 e.